The Morgan fingerprint density at radius 3 is 2.45 bits per heavy atom. The molecule has 0 bridgehead atoms. The molecular formula is C17H22ClN2. The fourth-order valence-corrected chi connectivity index (χ4v) is 3.34. The number of benzene rings is 1. The second-order valence-corrected chi connectivity index (χ2v) is 6.18. The first-order valence-electron chi connectivity index (χ1n) is 7.65. The van der Waals surface area contributed by atoms with E-state index >= 15 is 0 Å². The molecule has 1 aliphatic carbocycles. The van der Waals surface area contributed by atoms with E-state index in [0.29, 0.717) is 0 Å². The molecule has 0 aromatic heterocycles. The molecule has 0 amide bonds. The summed E-state index contributed by atoms with van der Waals surface area (Å²) in [4.78, 5) is 2.56. The van der Waals surface area contributed by atoms with Gasteiger partial charge in [-0.1, -0.05) is 29.3 Å². The summed E-state index contributed by atoms with van der Waals surface area (Å²) in [5, 5.41) is 5.26. The summed E-state index contributed by atoms with van der Waals surface area (Å²) in [6.07, 6.45) is 5.13. The molecule has 1 radical (unpaired) electrons. The lowest BCUT2D eigenvalue weighted by Crippen LogP contribution is -2.41. The van der Waals surface area contributed by atoms with Gasteiger partial charge in [0.25, 0.3) is 0 Å². The van der Waals surface area contributed by atoms with Crippen molar-refractivity contribution in [3.63, 3.8) is 0 Å². The normalized spacial score (nSPS) is 21.2. The molecule has 1 saturated heterocycles. The molecule has 1 aliphatic heterocycles. The number of hydrogen-bond acceptors (Lipinski definition) is 1. The van der Waals surface area contributed by atoms with Crippen molar-refractivity contribution in [3.8, 4) is 0 Å². The Morgan fingerprint density at radius 2 is 1.70 bits per heavy atom. The summed E-state index contributed by atoms with van der Waals surface area (Å²) in [6, 6.07) is 8.37. The number of nitrogens with zero attached hydrogens (tertiary/aromatic N) is 2. The van der Waals surface area contributed by atoms with Crippen molar-refractivity contribution >= 4 is 17.2 Å². The van der Waals surface area contributed by atoms with Crippen LogP contribution in [-0.4, -0.2) is 37.6 Å². The van der Waals surface area contributed by atoms with Gasteiger partial charge in [-0.05, 0) is 49.0 Å². The van der Waals surface area contributed by atoms with E-state index in [9.17, 15) is 0 Å². The van der Waals surface area contributed by atoms with E-state index in [1.807, 2.05) is 12.1 Å². The molecule has 107 valence electrons. The summed E-state index contributed by atoms with van der Waals surface area (Å²) in [7, 11) is 0. The Hall–Kier alpha value is -0.830. The van der Waals surface area contributed by atoms with Crippen LogP contribution >= 0.6 is 11.6 Å². The van der Waals surface area contributed by atoms with Crippen LogP contribution in [0.4, 0.5) is 0 Å². The Morgan fingerprint density at radius 1 is 1.00 bits per heavy atom. The maximum Gasteiger partial charge on any atom is 0.0406 e. The average Bonchev–Trinajstić information content (AvgIpc) is 2.50. The zero-order valence-electron chi connectivity index (χ0n) is 11.9. The molecule has 3 heteroatoms. The minimum atomic E-state index is 0.823. The van der Waals surface area contributed by atoms with E-state index in [-0.39, 0.29) is 0 Å². The van der Waals surface area contributed by atoms with E-state index in [1.165, 1.54) is 31.2 Å². The molecule has 1 heterocycles. The number of rotatable bonds is 3. The number of piperazine rings is 1. The van der Waals surface area contributed by atoms with Gasteiger partial charge in [-0.15, -0.1) is 0 Å². The lowest BCUT2D eigenvalue weighted by molar-refractivity contribution is 0.254. The van der Waals surface area contributed by atoms with Gasteiger partial charge in [0.05, 0.1) is 0 Å². The Balaban J connectivity index is 1.80. The third-order valence-corrected chi connectivity index (χ3v) is 4.59. The molecule has 0 spiro atoms. The van der Waals surface area contributed by atoms with Gasteiger partial charge in [0.15, 0.2) is 0 Å². The minimum absolute atomic E-state index is 0.823. The first kappa shape index (κ1) is 14.1. The van der Waals surface area contributed by atoms with Crippen LogP contribution in [0.1, 0.15) is 31.2 Å². The van der Waals surface area contributed by atoms with Crippen molar-refractivity contribution in [1.29, 1.82) is 0 Å². The second-order valence-electron chi connectivity index (χ2n) is 5.74. The molecule has 0 atom stereocenters. The van der Waals surface area contributed by atoms with Crippen LogP contribution in [0.3, 0.4) is 0 Å². The molecular weight excluding hydrogens is 268 g/mol. The maximum absolute atomic E-state index is 6.01. The summed E-state index contributed by atoms with van der Waals surface area (Å²) in [6.45, 7) is 5.38. The molecule has 3 rings (SSSR count). The predicted molar refractivity (Wildman–Crippen MR) is 85.1 cm³/mol. The van der Waals surface area contributed by atoms with Crippen LogP contribution in [0, 0.1) is 0 Å². The zero-order valence-corrected chi connectivity index (χ0v) is 12.7. The van der Waals surface area contributed by atoms with Gasteiger partial charge < -0.3 is 0 Å². The largest absolute Gasteiger partial charge is 0.297 e. The van der Waals surface area contributed by atoms with Crippen molar-refractivity contribution in [2.45, 2.75) is 25.7 Å². The molecule has 0 unspecified atom stereocenters. The van der Waals surface area contributed by atoms with E-state index in [1.54, 1.807) is 11.1 Å². The summed E-state index contributed by atoms with van der Waals surface area (Å²) >= 11 is 6.01. The van der Waals surface area contributed by atoms with Crippen LogP contribution in [0.5, 0.6) is 0 Å². The van der Waals surface area contributed by atoms with Crippen LogP contribution in [0.15, 0.2) is 29.8 Å². The van der Waals surface area contributed by atoms with E-state index in [4.69, 9.17) is 11.6 Å². The SMILES string of the molecule is Clc1ccc(C2=C(CN3CC[N]CC3)CCCC2)cc1. The van der Waals surface area contributed by atoms with Crippen molar-refractivity contribution in [1.82, 2.24) is 10.2 Å². The zero-order chi connectivity index (χ0) is 13.8. The smallest absolute Gasteiger partial charge is 0.0406 e. The molecule has 1 aromatic carbocycles. The quantitative estimate of drug-likeness (QED) is 0.831. The van der Waals surface area contributed by atoms with Crippen molar-refractivity contribution in [2.24, 2.45) is 0 Å². The molecule has 20 heavy (non-hydrogen) atoms. The average molecular weight is 290 g/mol. The van der Waals surface area contributed by atoms with Gasteiger partial charge in [0.2, 0.25) is 0 Å². The molecule has 2 nitrogen and oxygen atoms in total. The van der Waals surface area contributed by atoms with E-state index in [2.05, 4.69) is 22.3 Å². The Bertz CT molecular complexity index is 472. The molecule has 1 aromatic rings. The topological polar surface area (TPSA) is 17.3 Å². The van der Waals surface area contributed by atoms with Gasteiger partial charge >= 0.3 is 0 Å². The fourth-order valence-electron chi connectivity index (χ4n) is 3.22. The third kappa shape index (κ3) is 3.43. The highest BCUT2D eigenvalue weighted by atomic mass is 35.5. The molecule has 0 saturated carbocycles. The van der Waals surface area contributed by atoms with E-state index < -0.39 is 0 Å². The first-order chi connectivity index (χ1) is 9.83. The summed E-state index contributed by atoms with van der Waals surface area (Å²) in [5.41, 5.74) is 4.57. The molecule has 0 N–H and O–H groups in total. The van der Waals surface area contributed by atoms with Crippen molar-refractivity contribution in [3.05, 3.63) is 40.4 Å². The highest BCUT2D eigenvalue weighted by Crippen LogP contribution is 2.33. The standard InChI is InChI=1S/C17H22ClN2/c18-16-7-5-14(6-8-16)17-4-2-1-3-15(17)13-20-11-9-19-10-12-20/h5-8H,1-4,9-13H2. The number of allylic oxidation sites excluding steroid dienone is 1. The van der Waals surface area contributed by atoms with Crippen LogP contribution in [-0.2, 0) is 0 Å². The number of halogens is 1. The van der Waals surface area contributed by atoms with Crippen LogP contribution in [0.25, 0.3) is 5.57 Å². The lowest BCUT2D eigenvalue weighted by atomic mass is 9.87. The van der Waals surface area contributed by atoms with Gasteiger partial charge in [-0.3, -0.25) is 4.90 Å². The summed E-state index contributed by atoms with van der Waals surface area (Å²) < 4.78 is 0. The van der Waals surface area contributed by atoms with Gasteiger partial charge in [0, 0.05) is 37.7 Å². The van der Waals surface area contributed by atoms with Crippen LogP contribution < -0.4 is 5.32 Å². The van der Waals surface area contributed by atoms with Gasteiger partial charge in [-0.25, -0.2) is 5.32 Å². The highest BCUT2D eigenvalue weighted by molar-refractivity contribution is 6.30. The predicted octanol–water partition coefficient (Wildman–Crippen LogP) is 3.59. The van der Waals surface area contributed by atoms with Crippen LogP contribution in [0.2, 0.25) is 5.02 Å². The van der Waals surface area contributed by atoms with E-state index in [0.717, 1.165) is 37.7 Å². The second kappa shape index (κ2) is 6.75. The van der Waals surface area contributed by atoms with Gasteiger partial charge in [0.1, 0.15) is 0 Å². The monoisotopic (exact) mass is 289 g/mol. The van der Waals surface area contributed by atoms with Crippen molar-refractivity contribution in [2.75, 3.05) is 32.7 Å². The Kier molecular flexibility index (Phi) is 4.77. The van der Waals surface area contributed by atoms with Crippen molar-refractivity contribution < 1.29 is 0 Å². The van der Waals surface area contributed by atoms with Gasteiger partial charge in [-0.2, -0.15) is 0 Å². The summed E-state index contributed by atoms with van der Waals surface area (Å²) in [5.74, 6) is 0. The minimum Gasteiger partial charge on any atom is -0.297 e. The Labute approximate surface area is 126 Å². The number of hydrogen-bond donors (Lipinski definition) is 0. The first-order valence-corrected chi connectivity index (χ1v) is 8.03. The molecule has 2 aliphatic rings. The third-order valence-electron chi connectivity index (χ3n) is 4.34. The molecule has 1 fully saturated rings. The highest BCUT2D eigenvalue weighted by Gasteiger charge is 2.18. The lowest BCUT2D eigenvalue weighted by Gasteiger charge is -2.30. The maximum atomic E-state index is 6.01. The fraction of sp³-hybridized carbons (Fsp3) is 0.529.